The molecule has 4 heteroatoms. The highest BCUT2D eigenvalue weighted by molar-refractivity contribution is 5.78. The predicted octanol–water partition coefficient (Wildman–Crippen LogP) is 3.63. The van der Waals surface area contributed by atoms with Gasteiger partial charge >= 0.3 is 0 Å². The van der Waals surface area contributed by atoms with Gasteiger partial charge in [0, 0.05) is 5.56 Å². The van der Waals surface area contributed by atoms with E-state index in [-0.39, 0.29) is 18.6 Å². The molecule has 3 rings (SSSR count). The Morgan fingerprint density at radius 2 is 1.84 bits per heavy atom. The van der Waals surface area contributed by atoms with Crippen LogP contribution >= 0.6 is 0 Å². The summed E-state index contributed by atoms with van der Waals surface area (Å²) in [6, 6.07) is 13.2. The van der Waals surface area contributed by atoms with E-state index in [0.717, 1.165) is 24.7 Å². The fraction of sp³-hybridized carbons (Fsp3) is 0.333. The summed E-state index contributed by atoms with van der Waals surface area (Å²) in [5, 5.41) is 2.98. The minimum atomic E-state index is -0.162. The third kappa shape index (κ3) is 4.47. The first kappa shape index (κ1) is 17.2. The van der Waals surface area contributed by atoms with Gasteiger partial charge in [-0.1, -0.05) is 18.2 Å². The van der Waals surface area contributed by atoms with E-state index in [1.165, 1.54) is 24.0 Å². The van der Waals surface area contributed by atoms with Crippen LogP contribution in [0.1, 0.15) is 52.9 Å². The summed E-state index contributed by atoms with van der Waals surface area (Å²) in [7, 11) is 0. The standard InChI is InChI=1S/C21H23NO3/c1-15(18-9-8-17-4-2-3-5-19(17)12-18)22-21(24)14-25-20-10-6-16(13-23)7-11-20/h6-13,15H,2-5,14H2,1H3,(H,22,24). The second-order valence-corrected chi connectivity index (χ2v) is 6.50. The summed E-state index contributed by atoms with van der Waals surface area (Å²) < 4.78 is 5.47. The fourth-order valence-corrected chi connectivity index (χ4v) is 3.18. The highest BCUT2D eigenvalue weighted by Gasteiger charge is 2.14. The average molecular weight is 337 g/mol. The average Bonchev–Trinajstić information content (AvgIpc) is 2.66. The molecule has 0 fully saturated rings. The lowest BCUT2D eigenvalue weighted by atomic mass is 9.89. The van der Waals surface area contributed by atoms with Crippen molar-refractivity contribution < 1.29 is 14.3 Å². The monoisotopic (exact) mass is 337 g/mol. The van der Waals surface area contributed by atoms with Crippen LogP contribution < -0.4 is 10.1 Å². The quantitative estimate of drug-likeness (QED) is 0.819. The molecule has 0 saturated carbocycles. The molecule has 1 N–H and O–H groups in total. The number of amides is 1. The zero-order valence-electron chi connectivity index (χ0n) is 14.5. The van der Waals surface area contributed by atoms with E-state index < -0.39 is 0 Å². The van der Waals surface area contributed by atoms with Crippen LogP contribution in [0.15, 0.2) is 42.5 Å². The number of rotatable bonds is 6. The molecule has 1 unspecified atom stereocenters. The SMILES string of the molecule is CC(NC(=O)COc1ccc(C=O)cc1)c1ccc2c(c1)CCCC2. The van der Waals surface area contributed by atoms with Crippen LogP contribution in [0.4, 0.5) is 0 Å². The number of carbonyl (C=O) groups excluding carboxylic acids is 2. The molecule has 0 spiro atoms. The van der Waals surface area contributed by atoms with Gasteiger partial charge in [0.05, 0.1) is 6.04 Å². The predicted molar refractivity (Wildman–Crippen MR) is 97.0 cm³/mol. The van der Waals surface area contributed by atoms with Gasteiger partial charge in [-0.15, -0.1) is 0 Å². The van der Waals surface area contributed by atoms with Crippen molar-refractivity contribution in [1.29, 1.82) is 0 Å². The van der Waals surface area contributed by atoms with E-state index in [1.54, 1.807) is 24.3 Å². The van der Waals surface area contributed by atoms with Crippen molar-refractivity contribution >= 4 is 12.2 Å². The normalized spacial score (nSPS) is 14.3. The van der Waals surface area contributed by atoms with Gasteiger partial charge in [-0.25, -0.2) is 0 Å². The topological polar surface area (TPSA) is 55.4 Å². The van der Waals surface area contributed by atoms with Crippen LogP contribution in [0, 0.1) is 0 Å². The van der Waals surface area contributed by atoms with Gasteiger partial charge < -0.3 is 10.1 Å². The number of ether oxygens (including phenoxy) is 1. The van der Waals surface area contributed by atoms with Crippen molar-refractivity contribution in [3.63, 3.8) is 0 Å². The highest BCUT2D eigenvalue weighted by atomic mass is 16.5. The summed E-state index contributed by atoms with van der Waals surface area (Å²) in [4.78, 5) is 22.7. The maximum absolute atomic E-state index is 12.1. The molecule has 0 aliphatic heterocycles. The summed E-state index contributed by atoms with van der Waals surface area (Å²) in [5.41, 5.74) is 4.56. The summed E-state index contributed by atoms with van der Waals surface area (Å²) in [6.07, 6.45) is 5.57. The van der Waals surface area contributed by atoms with E-state index in [4.69, 9.17) is 4.74 Å². The molecule has 0 bridgehead atoms. The third-order valence-corrected chi connectivity index (χ3v) is 4.64. The molecule has 0 aromatic heterocycles. The molecule has 2 aromatic rings. The van der Waals surface area contributed by atoms with Gasteiger partial charge in [0.2, 0.25) is 0 Å². The first-order valence-electron chi connectivity index (χ1n) is 8.75. The van der Waals surface area contributed by atoms with Crippen LogP contribution in [-0.2, 0) is 17.6 Å². The second-order valence-electron chi connectivity index (χ2n) is 6.50. The first-order valence-corrected chi connectivity index (χ1v) is 8.75. The molecule has 4 nitrogen and oxygen atoms in total. The molecular formula is C21H23NO3. The van der Waals surface area contributed by atoms with Gasteiger partial charge in [0.1, 0.15) is 12.0 Å². The molecule has 2 aromatic carbocycles. The lowest BCUT2D eigenvalue weighted by molar-refractivity contribution is -0.123. The Labute approximate surface area is 148 Å². The maximum atomic E-state index is 12.1. The largest absolute Gasteiger partial charge is 0.484 e. The molecule has 1 aliphatic carbocycles. The van der Waals surface area contributed by atoms with Gasteiger partial charge in [-0.05, 0) is 73.6 Å². The summed E-state index contributed by atoms with van der Waals surface area (Å²) >= 11 is 0. The van der Waals surface area contributed by atoms with Crippen LogP contribution in [-0.4, -0.2) is 18.8 Å². The highest BCUT2D eigenvalue weighted by Crippen LogP contribution is 2.24. The smallest absolute Gasteiger partial charge is 0.258 e. The van der Waals surface area contributed by atoms with Gasteiger partial charge in [0.25, 0.3) is 5.91 Å². The number of benzene rings is 2. The number of aldehydes is 1. The molecule has 130 valence electrons. The van der Waals surface area contributed by atoms with Crippen LogP contribution in [0.2, 0.25) is 0 Å². The second kappa shape index (κ2) is 7.97. The lowest BCUT2D eigenvalue weighted by Crippen LogP contribution is -2.31. The van der Waals surface area contributed by atoms with Crippen molar-refractivity contribution in [2.75, 3.05) is 6.61 Å². The summed E-state index contributed by atoms with van der Waals surface area (Å²) in [6.45, 7) is 1.94. The minimum Gasteiger partial charge on any atom is -0.484 e. The Bertz CT molecular complexity index is 752. The lowest BCUT2D eigenvalue weighted by Gasteiger charge is -2.20. The van der Waals surface area contributed by atoms with E-state index in [0.29, 0.717) is 11.3 Å². The Hall–Kier alpha value is -2.62. The van der Waals surface area contributed by atoms with Gasteiger partial charge in [-0.2, -0.15) is 0 Å². The Balaban J connectivity index is 1.54. The molecule has 1 atom stereocenters. The Kier molecular flexibility index (Phi) is 5.49. The van der Waals surface area contributed by atoms with Crippen molar-refractivity contribution in [2.24, 2.45) is 0 Å². The van der Waals surface area contributed by atoms with Crippen molar-refractivity contribution in [2.45, 2.75) is 38.6 Å². The Morgan fingerprint density at radius 1 is 1.12 bits per heavy atom. The van der Waals surface area contributed by atoms with Crippen LogP contribution in [0.3, 0.4) is 0 Å². The van der Waals surface area contributed by atoms with E-state index >= 15 is 0 Å². The molecular weight excluding hydrogens is 314 g/mol. The molecule has 1 amide bonds. The number of aryl methyl sites for hydroxylation is 2. The fourth-order valence-electron chi connectivity index (χ4n) is 3.18. The van der Waals surface area contributed by atoms with Crippen molar-refractivity contribution in [3.05, 3.63) is 64.7 Å². The van der Waals surface area contributed by atoms with Crippen molar-refractivity contribution in [1.82, 2.24) is 5.32 Å². The molecule has 0 heterocycles. The zero-order chi connectivity index (χ0) is 17.6. The molecule has 0 saturated heterocycles. The van der Waals surface area contributed by atoms with Crippen LogP contribution in [0.5, 0.6) is 5.75 Å². The van der Waals surface area contributed by atoms with Crippen LogP contribution in [0.25, 0.3) is 0 Å². The van der Waals surface area contributed by atoms with Gasteiger partial charge in [-0.3, -0.25) is 9.59 Å². The minimum absolute atomic E-state index is 0.0459. The number of nitrogens with one attached hydrogen (secondary N) is 1. The summed E-state index contributed by atoms with van der Waals surface area (Å²) in [5.74, 6) is 0.409. The molecule has 25 heavy (non-hydrogen) atoms. The van der Waals surface area contributed by atoms with E-state index in [9.17, 15) is 9.59 Å². The van der Waals surface area contributed by atoms with E-state index in [1.807, 2.05) is 6.92 Å². The third-order valence-electron chi connectivity index (χ3n) is 4.64. The maximum Gasteiger partial charge on any atom is 0.258 e. The molecule has 1 aliphatic rings. The van der Waals surface area contributed by atoms with Crippen molar-refractivity contribution in [3.8, 4) is 5.75 Å². The molecule has 0 radical (unpaired) electrons. The number of fused-ring (bicyclic) bond motifs is 1. The number of hydrogen-bond acceptors (Lipinski definition) is 3. The Morgan fingerprint density at radius 3 is 2.56 bits per heavy atom. The van der Waals surface area contributed by atoms with Gasteiger partial charge in [0.15, 0.2) is 6.61 Å². The number of hydrogen-bond donors (Lipinski definition) is 1. The van der Waals surface area contributed by atoms with E-state index in [2.05, 4.69) is 23.5 Å². The number of carbonyl (C=O) groups is 2. The zero-order valence-corrected chi connectivity index (χ0v) is 14.5. The first-order chi connectivity index (χ1) is 12.2.